The maximum atomic E-state index is 10.2. The van der Waals surface area contributed by atoms with E-state index < -0.39 is 5.60 Å². The SMILES string of the molecule is CCC(C)(OC)C(O)C1CCOCC1. The van der Waals surface area contributed by atoms with Crippen molar-refractivity contribution in [1.82, 2.24) is 0 Å². The Morgan fingerprint density at radius 1 is 1.50 bits per heavy atom. The first kappa shape index (κ1) is 12.0. The van der Waals surface area contributed by atoms with Crippen molar-refractivity contribution >= 4 is 0 Å². The Bertz CT molecular complexity index is 160. The highest BCUT2D eigenvalue weighted by molar-refractivity contribution is 4.88. The van der Waals surface area contributed by atoms with Gasteiger partial charge in [-0.2, -0.15) is 0 Å². The molecule has 1 fully saturated rings. The van der Waals surface area contributed by atoms with Gasteiger partial charge in [0.1, 0.15) is 0 Å². The molecular formula is C11H22O3. The molecule has 0 radical (unpaired) electrons. The quantitative estimate of drug-likeness (QED) is 0.752. The molecule has 14 heavy (non-hydrogen) atoms. The summed E-state index contributed by atoms with van der Waals surface area (Å²) in [4.78, 5) is 0. The van der Waals surface area contributed by atoms with Gasteiger partial charge >= 0.3 is 0 Å². The van der Waals surface area contributed by atoms with Gasteiger partial charge in [0.15, 0.2) is 0 Å². The van der Waals surface area contributed by atoms with Crippen molar-refractivity contribution in [2.24, 2.45) is 5.92 Å². The van der Waals surface area contributed by atoms with Gasteiger partial charge in [-0.25, -0.2) is 0 Å². The fourth-order valence-electron chi connectivity index (χ4n) is 2.00. The van der Waals surface area contributed by atoms with Crippen LogP contribution in [0.3, 0.4) is 0 Å². The number of methoxy groups -OCH3 is 1. The van der Waals surface area contributed by atoms with E-state index in [9.17, 15) is 5.11 Å². The second-order valence-electron chi connectivity index (χ2n) is 4.26. The highest BCUT2D eigenvalue weighted by atomic mass is 16.5. The first-order valence-electron chi connectivity index (χ1n) is 5.45. The minimum absolute atomic E-state index is 0.327. The van der Waals surface area contributed by atoms with E-state index in [1.54, 1.807) is 7.11 Å². The summed E-state index contributed by atoms with van der Waals surface area (Å²) in [7, 11) is 1.67. The monoisotopic (exact) mass is 202 g/mol. The van der Waals surface area contributed by atoms with Crippen molar-refractivity contribution in [1.29, 1.82) is 0 Å². The molecule has 0 bridgehead atoms. The molecule has 1 heterocycles. The first-order chi connectivity index (χ1) is 6.64. The third-order valence-electron chi connectivity index (χ3n) is 3.51. The second-order valence-corrected chi connectivity index (χ2v) is 4.26. The van der Waals surface area contributed by atoms with E-state index in [-0.39, 0.29) is 6.10 Å². The van der Waals surface area contributed by atoms with Gasteiger partial charge in [0.05, 0.1) is 11.7 Å². The number of aliphatic hydroxyl groups excluding tert-OH is 1. The predicted molar refractivity (Wildman–Crippen MR) is 55.3 cm³/mol. The highest BCUT2D eigenvalue weighted by Gasteiger charge is 2.37. The van der Waals surface area contributed by atoms with E-state index >= 15 is 0 Å². The Labute approximate surface area is 86.4 Å². The second kappa shape index (κ2) is 5.10. The maximum absolute atomic E-state index is 10.2. The molecule has 0 aliphatic carbocycles. The van der Waals surface area contributed by atoms with Gasteiger partial charge < -0.3 is 14.6 Å². The van der Waals surface area contributed by atoms with Crippen LogP contribution in [-0.4, -0.2) is 37.1 Å². The van der Waals surface area contributed by atoms with Crippen LogP contribution in [0, 0.1) is 5.92 Å². The van der Waals surface area contributed by atoms with Crippen LogP contribution >= 0.6 is 0 Å². The Balaban J connectivity index is 2.56. The van der Waals surface area contributed by atoms with Crippen LogP contribution in [0.2, 0.25) is 0 Å². The van der Waals surface area contributed by atoms with Gasteiger partial charge in [-0.3, -0.25) is 0 Å². The molecule has 1 aliphatic heterocycles. The Morgan fingerprint density at radius 3 is 2.50 bits per heavy atom. The largest absolute Gasteiger partial charge is 0.390 e. The molecule has 0 spiro atoms. The van der Waals surface area contributed by atoms with Crippen LogP contribution in [0.15, 0.2) is 0 Å². The van der Waals surface area contributed by atoms with Crippen molar-refractivity contribution in [3.63, 3.8) is 0 Å². The van der Waals surface area contributed by atoms with Crippen molar-refractivity contribution < 1.29 is 14.6 Å². The van der Waals surface area contributed by atoms with E-state index in [0.717, 1.165) is 32.5 Å². The Kier molecular flexibility index (Phi) is 4.35. The third kappa shape index (κ3) is 2.47. The summed E-state index contributed by atoms with van der Waals surface area (Å²) in [6, 6.07) is 0. The zero-order valence-electron chi connectivity index (χ0n) is 9.45. The van der Waals surface area contributed by atoms with Crippen molar-refractivity contribution in [2.75, 3.05) is 20.3 Å². The van der Waals surface area contributed by atoms with Crippen LogP contribution in [0.25, 0.3) is 0 Å². The minimum Gasteiger partial charge on any atom is -0.390 e. The average molecular weight is 202 g/mol. The molecule has 3 nitrogen and oxygen atoms in total. The molecule has 0 aromatic heterocycles. The van der Waals surface area contributed by atoms with Gasteiger partial charge in [-0.05, 0) is 32.1 Å². The first-order valence-corrected chi connectivity index (χ1v) is 5.45. The summed E-state index contributed by atoms with van der Waals surface area (Å²) in [6.07, 6.45) is 2.35. The molecule has 2 atom stereocenters. The summed E-state index contributed by atoms with van der Waals surface area (Å²) in [5.41, 5.74) is -0.401. The van der Waals surface area contributed by atoms with Crippen LogP contribution in [-0.2, 0) is 9.47 Å². The van der Waals surface area contributed by atoms with E-state index in [4.69, 9.17) is 9.47 Å². The molecule has 1 saturated heterocycles. The van der Waals surface area contributed by atoms with E-state index in [0.29, 0.717) is 5.92 Å². The molecule has 0 amide bonds. The maximum Gasteiger partial charge on any atom is 0.0908 e. The number of hydrogen-bond donors (Lipinski definition) is 1. The highest BCUT2D eigenvalue weighted by Crippen LogP contribution is 2.30. The fraction of sp³-hybridized carbons (Fsp3) is 1.00. The number of hydrogen-bond acceptors (Lipinski definition) is 3. The van der Waals surface area contributed by atoms with Gasteiger partial charge in [0, 0.05) is 20.3 Å². The van der Waals surface area contributed by atoms with Crippen LogP contribution in [0.1, 0.15) is 33.1 Å². The van der Waals surface area contributed by atoms with Crippen molar-refractivity contribution in [3.8, 4) is 0 Å². The lowest BCUT2D eigenvalue weighted by molar-refractivity contribution is -0.129. The molecule has 1 rings (SSSR count). The molecule has 0 saturated carbocycles. The summed E-state index contributed by atoms with van der Waals surface area (Å²) in [6.45, 7) is 5.57. The standard InChI is InChI=1S/C11H22O3/c1-4-11(2,13-3)10(12)9-5-7-14-8-6-9/h9-10,12H,4-8H2,1-3H3. The van der Waals surface area contributed by atoms with Gasteiger partial charge in [0.25, 0.3) is 0 Å². The average Bonchev–Trinajstić information content (AvgIpc) is 2.28. The van der Waals surface area contributed by atoms with Gasteiger partial charge in [-0.1, -0.05) is 6.92 Å². The summed E-state index contributed by atoms with van der Waals surface area (Å²) >= 11 is 0. The van der Waals surface area contributed by atoms with Crippen molar-refractivity contribution in [2.45, 2.75) is 44.8 Å². The minimum atomic E-state index is -0.401. The smallest absolute Gasteiger partial charge is 0.0908 e. The molecule has 0 aromatic rings. The zero-order chi connectivity index (χ0) is 10.6. The Morgan fingerprint density at radius 2 is 2.07 bits per heavy atom. The lowest BCUT2D eigenvalue weighted by Gasteiger charge is -2.38. The fourth-order valence-corrected chi connectivity index (χ4v) is 2.00. The van der Waals surface area contributed by atoms with E-state index in [1.807, 2.05) is 13.8 Å². The molecule has 2 unspecified atom stereocenters. The van der Waals surface area contributed by atoms with Gasteiger partial charge in [-0.15, -0.1) is 0 Å². The van der Waals surface area contributed by atoms with E-state index in [2.05, 4.69) is 0 Å². The number of aliphatic hydroxyl groups is 1. The lowest BCUT2D eigenvalue weighted by atomic mass is 9.82. The molecule has 3 heteroatoms. The van der Waals surface area contributed by atoms with Crippen LogP contribution < -0.4 is 0 Å². The molecule has 0 aromatic carbocycles. The number of ether oxygens (including phenoxy) is 2. The third-order valence-corrected chi connectivity index (χ3v) is 3.51. The molecule has 1 aliphatic rings. The number of rotatable bonds is 4. The molecular weight excluding hydrogens is 180 g/mol. The van der Waals surface area contributed by atoms with Crippen LogP contribution in [0.5, 0.6) is 0 Å². The predicted octanol–water partition coefficient (Wildman–Crippen LogP) is 1.59. The Hall–Kier alpha value is -0.120. The summed E-state index contributed by atoms with van der Waals surface area (Å²) in [5.74, 6) is 0.327. The molecule has 1 N–H and O–H groups in total. The summed E-state index contributed by atoms with van der Waals surface area (Å²) < 4.78 is 10.7. The normalized spacial score (nSPS) is 25.7. The van der Waals surface area contributed by atoms with Gasteiger partial charge in [0.2, 0.25) is 0 Å². The van der Waals surface area contributed by atoms with Crippen LogP contribution in [0.4, 0.5) is 0 Å². The topological polar surface area (TPSA) is 38.7 Å². The molecule has 84 valence electrons. The lowest BCUT2D eigenvalue weighted by Crippen LogP contribution is -2.46. The zero-order valence-corrected chi connectivity index (χ0v) is 9.45. The summed E-state index contributed by atoms with van der Waals surface area (Å²) in [5, 5.41) is 10.2. The van der Waals surface area contributed by atoms with Crippen molar-refractivity contribution in [3.05, 3.63) is 0 Å². The van der Waals surface area contributed by atoms with E-state index in [1.165, 1.54) is 0 Å².